The quantitative estimate of drug-likeness (QED) is 0.0222. The summed E-state index contributed by atoms with van der Waals surface area (Å²) in [6, 6.07) is 0. The summed E-state index contributed by atoms with van der Waals surface area (Å²) >= 11 is 0. The summed E-state index contributed by atoms with van der Waals surface area (Å²) in [7, 11) is -9.93. The average molecular weight is 1580 g/mol. The number of rotatable bonds is 88. The van der Waals surface area contributed by atoms with Gasteiger partial charge in [-0.05, 0) is 37.5 Å². The third-order valence-corrected chi connectivity index (χ3v) is 23.2. The van der Waals surface area contributed by atoms with Crippen LogP contribution in [0, 0.1) is 11.8 Å². The summed E-state index contributed by atoms with van der Waals surface area (Å²) in [5.41, 5.74) is 0. The molecule has 0 radical (unpaired) electrons. The lowest BCUT2D eigenvalue weighted by atomic mass is 9.99. The maximum atomic E-state index is 13.2. The Labute approximate surface area is 664 Å². The second-order valence-corrected chi connectivity index (χ2v) is 35.6. The Bertz CT molecular complexity index is 2070. The summed E-state index contributed by atoms with van der Waals surface area (Å²) in [4.78, 5) is 73.3. The first-order valence-electron chi connectivity index (χ1n) is 46.0. The number of hydrogen-bond donors (Lipinski definition) is 3. The van der Waals surface area contributed by atoms with E-state index in [1.54, 1.807) is 0 Å². The van der Waals surface area contributed by atoms with E-state index in [0.717, 1.165) is 102 Å². The minimum Gasteiger partial charge on any atom is -0.462 e. The summed E-state index contributed by atoms with van der Waals surface area (Å²) in [6.07, 6.45) is 73.5. The van der Waals surface area contributed by atoms with Crippen LogP contribution in [-0.4, -0.2) is 96.7 Å². The standard InChI is InChI=1S/C89H174O17P2/c1-7-10-12-14-16-18-20-21-22-25-31-37-43-49-55-61-67-73-88(93)105-84(77-99-86(91)71-65-59-53-47-39-19-17-15-13-11-8-2)79-103-107(95,96)101-75-83(90)76-102-108(97,98)104-80-85(78-100-87(92)72-66-60-54-48-42-36-33-28-29-34-40-45-51-57-63-69-81(4)5)106-89(94)74-68-62-56-50-44-38-32-27-24-23-26-30-35-41-46-52-58-64-70-82(6)9-3/h81-85,90H,7-80H2,1-6H3,(H,95,96)(H,97,98)/t82?,83-,84+,85+/m0/s1. The fraction of sp³-hybridized carbons (Fsp3) is 0.955. The van der Waals surface area contributed by atoms with Crippen LogP contribution in [0.15, 0.2) is 0 Å². The Hall–Kier alpha value is -1.94. The SMILES string of the molecule is CCCCCCCCCCCCCCCCCCCC(=O)O[C@H](COC(=O)CCCCCCCCCCCCC)COP(=O)(O)OC[C@H](O)COP(=O)(O)OC[C@@H](COC(=O)CCCCCCCCCCCCCCCCCC(C)C)OC(=O)CCCCCCCCCCCCCCCCCCCCC(C)CC. The summed E-state index contributed by atoms with van der Waals surface area (Å²) in [5, 5.41) is 10.7. The second-order valence-electron chi connectivity index (χ2n) is 32.7. The fourth-order valence-corrected chi connectivity index (χ4v) is 15.5. The van der Waals surface area contributed by atoms with Crippen LogP contribution in [0.2, 0.25) is 0 Å². The minimum atomic E-state index is -4.97. The molecule has 0 aliphatic rings. The number of hydrogen-bond acceptors (Lipinski definition) is 15. The van der Waals surface area contributed by atoms with Gasteiger partial charge in [-0.15, -0.1) is 0 Å². The maximum Gasteiger partial charge on any atom is 0.472 e. The van der Waals surface area contributed by atoms with E-state index < -0.39 is 97.5 Å². The summed E-state index contributed by atoms with van der Waals surface area (Å²) in [5.74, 6) is -0.419. The van der Waals surface area contributed by atoms with Crippen LogP contribution >= 0.6 is 15.6 Å². The van der Waals surface area contributed by atoms with Crippen molar-refractivity contribution in [1.29, 1.82) is 0 Å². The molecule has 0 saturated heterocycles. The molecule has 17 nitrogen and oxygen atoms in total. The van der Waals surface area contributed by atoms with Crippen molar-refractivity contribution in [2.45, 2.75) is 496 Å². The van der Waals surface area contributed by atoms with Crippen LogP contribution in [0.4, 0.5) is 0 Å². The molecule has 0 rings (SSSR count). The zero-order valence-corrected chi connectivity index (χ0v) is 73.0. The van der Waals surface area contributed by atoms with Gasteiger partial charge in [0.1, 0.15) is 19.3 Å². The highest BCUT2D eigenvalue weighted by Gasteiger charge is 2.31. The van der Waals surface area contributed by atoms with E-state index in [-0.39, 0.29) is 25.7 Å². The number of carbonyl (C=O) groups is 4. The van der Waals surface area contributed by atoms with Crippen LogP contribution in [0.3, 0.4) is 0 Å². The molecule has 642 valence electrons. The maximum absolute atomic E-state index is 13.2. The summed E-state index contributed by atoms with van der Waals surface area (Å²) in [6.45, 7) is 9.79. The molecule has 0 aromatic heterocycles. The Balaban J connectivity index is 5.23. The minimum absolute atomic E-state index is 0.109. The van der Waals surface area contributed by atoms with Gasteiger partial charge >= 0.3 is 39.5 Å². The van der Waals surface area contributed by atoms with Crippen LogP contribution < -0.4 is 0 Å². The van der Waals surface area contributed by atoms with Gasteiger partial charge in [0.25, 0.3) is 0 Å². The lowest BCUT2D eigenvalue weighted by molar-refractivity contribution is -0.161. The lowest BCUT2D eigenvalue weighted by Crippen LogP contribution is -2.30. The van der Waals surface area contributed by atoms with Crippen molar-refractivity contribution < 1.29 is 80.2 Å². The van der Waals surface area contributed by atoms with E-state index in [0.29, 0.717) is 25.7 Å². The van der Waals surface area contributed by atoms with Crippen molar-refractivity contribution in [3.63, 3.8) is 0 Å². The zero-order valence-electron chi connectivity index (χ0n) is 71.2. The summed E-state index contributed by atoms with van der Waals surface area (Å²) < 4.78 is 69.0. The van der Waals surface area contributed by atoms with Gasteiger partial charge in [0.15, 0.2) is 12.2 Å². The van der Waals surface area contributed by atoms with E-state index in [9.17, 15) is 43.2 Å². The number of carbonyl (C=O) groups excluding carboxylic acids is 4. The first-order valence-corrected chi connectivity index (χ1v) is 49.0. The molecule has 0 aliphatic carbocycles. The Morgan fingerprint density at radius 2 is 0.472 bits per heavy atom. The first kappa shape index (κ1) is 106. The van der Waals surface area contributed by atoms with Crippen molar-refractivity contribution in [3.8, 4) is 0 Å². The Morgan fingerprint density at radius 1 is 0.269 bits per heavy atom. The normalized spacial score (nSPS) is 14.0. The molecule has 0 bridgehead atoms. The van der Waals surface area contributed by atoms with Crippen LogP contribution in [0.1, 0.15) is 478 Å². The molecule has 0 saturated carbocycles. The van der Waals surface area contributed by atoms with Crippen LogP contribution in [-0.2, 0) is 65.4 Å². The number of phosphoric acid groups is 2. The topological polar surface area (TPSA) is 237 Å². The number of aliphatic hydroxyl groups excluding tert-OH is 1. The van der Waals surface area contributed by atoms with Gasteiger partial charge in [-0.1, -0.05) is 427 Å². The Kier molecular flexibility index (Phi) is 78.8. The van der Waals surface area contributed by atoms with Crippen molar-refractivity contribution in [3.05, 3.63) is 0 Å². The molecule has 3 unspecified atom stereocenters. The van der Waals surface area contributed by atoms with Gasteiger partial charge < -0.3 is 33.8 Å². The van der Waals surface area contributed by atoms with Crippen molar-refractivity contribution >= 4 is 39.5 Å². The van der Waals surface area contributed by atoms with Gasteiger partial charge in [-0.3, -0.25) is 37.3 Å². The molecule has 0 spiro atoms. The second kappa shape index (κ2) is 80.3. The van der Waals surface area contributed by atoms with Gasteiger partial charge in [-0.25, -0.2) is 9.13 Å². The number of unbranched alkanes of at least 4 members (excludes halogenated alkanes) is 57. The molecule has 108 heavy (non-hydrogen) atoms. The van der Waals surface area contributed by atoms with Gasteiger partial charge in [0, 0.05) is 25.7 Å². The molecule has 3 N–H and O–H groups in total. The van der Waals surface area contributed by atoms with Gasteiger partial charge in [-0.2, -0.15) is 0 Å². The lowest BCUT2D eigenvalue weighted by Gasteiger charge is -2.21. The van der Waals surface area contributed by atoms with Crippen molar-refractivity contribution in [1.82, 2.24) is 0 Å². The molecule has 0 heterocycles. The number of ether oxygens (including phenoxy) is 4. The van der Waals surface area contributed by atoms with Crippen LogP contribution in [0.5, 0.6) is 0 Å². The molecule has 19 heteroatoms. The first-order chi connectivity index (χ1) is 52.4. The van der Waals surface area contributed by atoms with E-state index >= 15 is 0 Å². The monoisotopic (exact) mass is 1580 g/mol. The third kappa shape index (κ3) is 80.7. The number of aliphatic hydroxyl groups is 1. The van der Waals surface area contributed by atoms with E-state index in [2.05, 4.69) is 41.5 Å². The molecule has 6 atom stereocenters. The van der Waals surface area contributed by atoms with Gasteiger partial charge in [0.2, 0.25) is 0 Å². The zero-order chi connectivity index (χ0) is 79.2. The highest BCUT2D eigenvalue weighted by atomic mass is 31.2. The molecule has 0 aromatic carbocycles. The van der Waals surface area contributed by atoms with Crippen molar-refractivity contribution in [2.75, 3.05) is 39.6 Å². The average Bonchev–Trinajstić information content (AvgIpc) is 0.898. The number of phosphoric ester groups is 2. The third-order valence-electron chi connectivity index (χ3n) is 21.3. The molecule has 0 aromatic rings. The molecule has 0 fully saturated rings. The largest absolute Gasteiger partial charge is 0.472 e. The molecular formula is C89H174O17P2. The van der Waals surface area contributed by atoms with E-state index in [1.807, 2.05) is 0 Å². The smallest absolute Gasteiger partial charge is 0.462 e. The predicted octanol–water partition coefficient (Wildman–Crippen LogP) is 27.4. The molecule has 0 aliphatic heterocycles. The highest BCUT2D eigenvalue weighted by molar-refractivity contribution is 7.47. The highest BCUT2D eigenvalue weighted by Crippen LogP contribution is 2.45. The fourth-order valence-electron chi connectivity index (χ4n) is 13.9. The van der Waals surface area contributed by atoms with Crippen molar-refractivity contribution in [2.24, 2.45) is 11.8 Å². The molecule has 0 amide bonds. The Morgan fingerprint density at radius 3 is 0.704 bits per heavy atom. The van der Waals surface area contributed by atoms with E-state index in [1.165, 1.54) is 295 Å². The number of esters is 4. The predicted molar refractivity (Wildman–Crippen MR) is 446 cm³/mol. The molecular weight excluding hydrogens is 1400 g/mol. The van der Waals surface area contributed by atoms with E-state index in [4.69, 9.17) is 37.0 Å². The van der Waals surface area contributed by atoms with Crippen LogP contribution in [0.25, 0.3) is 0 Å². The van der Waals surface area contributed by atoms with Gasteiger partial charge in [0.05, 0.1) is 26.4 Å².